The molecule has 2 heteroatoms. The van der Waals surface area contributed by atoms with Gasteiger partial charge in [-0.2, -0.15) is 0 Å². The van der Waals surface area contributed by atoms with Crippen molar-refractivity contribution in [3.8, 4) is 0 Å². The Morgan fingerprint density at radius 3 is 2.44 bits per heavy atom. The van der Waals surface area contributed by atoms with Crippen LogP contribution in [0.2, 0.25) is 0 Å². The zero-order valence-corrected chi connectivity index (χ0v) is 11.5. The molecule has 100 valence electrons. The summed E-state index contributed by atoms with van der Waals surface area (Å²) in [5, 5.41) is 10.6. The summed E-state index contributed by atoms with van der Waals surface area (Å²) in [5.74, 6) is 0.507. The Labute approximate surface area is 109 Å². The lowest BCUT2D eigenvalue weighted by Crippen LogP contribution is -2.37. The zero-order valence-electron chi connectivity index (χ0n) is 11.5. The molecule has 0 aromatic heterocycles. The summed E-state index contributed by atoms with van der Waals surface area (Å²) >= 11 is 0. The van der Waals surface area contributed by atoms with Crippen LogP contribution in [0.4, 0.5) is 4.39 Å². The third-order valence-electron chi connectivity index (χ3n) is 4.55. The first-order valence-electron chi connectivity index (χ1n) is 6.85. The highest BCUT2D eigenvalue weighted by Gasteiger charge is 2.41. The van der Waals surface area contributed by atoms with Crippen LogP contribution in [0.3, 0.4) is 0 Å². The lowest BCUT2D eigenvalue weighted by Gasteiger charge is -2.45. The van der Waals surface area contributed by atoms with Gasteiger partial charge < -0.3 is 5.11 Å². The minimum atomic E-state index is -0.490. The first kappa shape index (κ1) is 13.5. The third-order valence-corrected chi connectivity index (χ3v) is 4.55. The number of halogens is 1. The molecule has 0 spiro atoms. The molecule has 0 saturated heterocycles. The molecule has 1 aliphatic rings. The molecule has 1 aliphatic carbocycles. The highest BCUT2D eigenvalue weighted by molar-refractivity contribution is 5.20. The molecule has 18 heavy (non-hydrogen) atoms. The van der Waals surface area contributed by atoms with Crippen LogP contribution in [-0.2, 0) is 0 Å². The largest absolute Gasteiger partial charge is 0.388 e. The molecule has 0 aliphatic heterocycles. The van der Waals surface area contributed by atoms with Crippen LogP contribution in [0.1, 0.15) is 51.7 Å². The molecule has 1 nitrogen and oxygen atoms in total. The maximum atomic E-state index is 12.9. The molecule has 1 saturated carbocycles. The molecule has 0 amide bonds. The van der Waals surface area contributed by atoms with Gasteiger partial charge in [0.1, 0.15) is 5.82 Å². The number of aliphatic hydroxyl groups is 1. The number of hydrogen-bond acceptors (Lipinski definition) is 1. The van der Waals surface area contributed by atoms with Crippen LogP contribution in [0, 0.1) is 23.1 Å². The molecule has 1 fully saturated rings. The Balaban J connectivity index is 2.25. The van der Waals surface area contributed by atoms with Gasteiger partial charge in [-0.05, 0) is 41.4 Å². The molecule has 0 radical (unpaired) electrons. The van der Waals surface area contributed by atoms with Gasteiger partial charge in [0.25, 0.3) is 0 Å². The summed E-state index contributed by atoms with van der Waals surface area (Å²) < 4.78 is 12.9. The zero-order chi connectivity index (χ0) is 13.3. The standard InChI is InChI=1S/C16H23FO/c1-11-5-4-10-16(2,3)14(11)15(18)12-6-8-13(17)9-7-12/h6-9,11,14-15,18H,4-5,10H2,1-3H3/t11-,14+,15?/m0/s1. The Bertz CT molecular complexity index is 396. The Hall–Kier alpha value is -0.890. The molecular weight excluding hydrogens is 227 g/mol. The summed E-state index contributed by atoms with van der Waals surface area (Å²) in [4.78, 5) is 0. The van der Waals surface area contributed by atoms with Crippen molar-refractivity contribution in [2.45, 2.75) is 46.1 Å². The predicted molar refractivity (Wildman–Crippen MR) is 71.6 cm³/mol. The smallest absolute Gasteiger partial charge is 0.123 e. The summed E-state index contributed by atoms with van der Waals surface area (Å²) in [6, 6.07) is 6.27. The Kier molecular flexibility index (Phi) is 3.76. The van der Waals surface area contributed by atoms with Crippen LogP contribution in [0.15, 0.2) is 24.3 Å². The average Bonchev–Trinajstić information content (AvgIpc) is 2.28. The van der Waals surface area contributed by atoms with Crippen molar-refractivity contribution in [3.05, 3.63) is 35.6 Å². The van der Waals surface area contributed by atoms with Crippen molar-refractivity contribution >= 4 is 0 Å². The second kappa shape index (κ2) is 5.00. The first-order valence-corrected chi connectivity index (χ1v) is 6.85. The normalized spacial score (nSPS) is 28.9. The van der Waals surface area contributed by atoms with Crippen LogP contribution >= 0.6 is 0 Å². The number of rotatable bonds is 2. The maximum Gasteiger partial charge on any atom is 0.123 e. The summed E-state index contributed by atoms with van der Waals surface area (Å²) in [6.07, 6.45) is 3.07. The van der Waals surface area contributed by atoms with Gasteiger partial charge in [-0.15, -0.1) is 0 Å². The monoisotopic (exact) mass is 250 g/mol. The molecule has 1 aromatic carbocycles. The van der Waals surface area contributed by atoms with Gasteiger partial charge in [-0.3, -0.25) is 0 Å². The van der Waals surface area contributed by atoms with Crippen LogP contribution in [-0.4, -0.2) is 5.11 Å². The Morgan fingerprint density at radius 2 is 1.89 bits per heavy atom. The van der Waals surface area contributed by atoms with E-state index in [9.17, 15) is 9.50 Å². The molecule has 0 bridgehead atoms. The summed E-state index contributed by atoms with van der Waals surface area (Å²) in [5.41, 5.74) is 0.981. The lowest BCUT2D eigenvalue weighted by atomic mass is 9.61. The minimum absolute atomic E-state index is 0.144. The summed E-state index contributed by atoms with van der Waals surface area (Å²) in [7, 11) is 0. The van der Waals surface area contributed by atoms with Gasteiger partial charge in [-0.25, -0.2) is 4.39 Å². The average molecular weight is 250 g/mol. The van der Waals surface area contributed by atoms with Gasteiger partial charge in [0.15, 0.2) is 0 Å². The predicted octanol–water partition coefficient (Wildman–Crippen LogP) is 4.32. The van der Waals surface area contributed by atoms with E-state index in [2.05, 4.69) is 20.8 Å². The lowest BCUT2D eigenvalue weighted by molar-refractivity contribution is -0.0293. The number of benzene rings is 1. The van der Waals surface area contributed by atoms with Gasteiger partial charge >= 0.3 is 0 Å². The van der Waals surface area contributed by atoms with E-state index in [0.717, 1.165) is 12.0 Å². The fourth-order valence-electron chi connectivity index (χ4n) is 3.60. The van der Waals surface area contributed by atoms with E-state index in [-0.39, 0.29) is 17.2 Å². The van der Waals surface area contributed by atoms with E-state index in [1.54, 1.807) is 12.1 Å². The van der Waals surface area contributed by atoms with E-state index in [1.165, 1.54) is 25.0 Å². The van der Waals surface area contributed by atoms with Gasteiger partial charge in [0.2, 0.25) is 0 Å². The van der Waals surface area contributed by atoms with Crippen molar-refractivity contribution < 1.29 is 9.50 Å². The SMILES string of the molecule is C[C@H]1CCCC(C)(C)[C@H]1C(O)c1ccc(F)cc1. The van der Waals surface area contributed by atoms with Crippen molar-refractivity contribution in [1.82, 2.24) is 0 Å². The molecule has 0 heterocycles. The van der Waals surface area contributed by atoms with Crippen molar-refractivity contribution in [1.29, 1.82) is 0 Å². The topological polar surface area (TPSA) is 20.2 Å². The number of hydrogen-bond donors (Lipinski definition) is 1. The van der Waals surface area contributed by atoms with E-state index in [1.807, 2.05) is 0 Å². The fraction of sp³-hybridized carbons (Fsp3) is 0.625. The second-order valence-corrected chi connectivity index (χ2v) is 6.38. The van der Waals surface area contributed by atoms with Crippen molar-refractivity contribution in [3.63, 3.8) is 0 Å². The van der Waals surface area contributed by atoms with Crippen molar-refractivity contribution in [2.75, 3.05) is 0 Å². The van der Waals surface area contributed by atoms with Crippen LogP contribution in [0.25, 0.3) is 0 Å². The summed E-state index contributed by atoms with van der Waals surface area (Å²) in [6.45, 7) is 6.69. The highest BCUT2D eigenvalue weighted by Crippen LogP contribution is 2.49. The molecule has 1 N–H and O–H groups in total. The minimum Gasteiger partial charge on any atom is -0.388 e. The van der Waals surface area contributed by atoms with E-state index in [4.69, 9.17) is 0 Å². The quantitative estimate of drug-likeness (QED) is 0.828. The molecule has 2 rings (SSSR count). The first-order chi connectivity index (χ1) is 8.42. The van der Waals surface area contributed by atoms with E-state index in [0.29, 0.717) is 5.92 Å². The van der Waals surface area contributed by atoms with Crippen LogP contribution in [0.5, 0.6) is 0 Å². The second-order valence-electron chi connectivity index (χ2n) is 6.38. The van der Waals surface area contributed by atoms with Gasteiger partial charge in [0.05, 0.1) is 6.10 Å². The highest BCUT2D eigenvalue weighted by atomic mass is 19.1. The van der Waals surface area contributed by atoms with Crippen molar-refractivity contribution in [2.24, 2.45) is 17.3 Å². The maximum absolute atomic E-state index is 12.9. The Morgan fingerprint density at radius 1 is 1.28 bits per heavy atom. The molecule has 1 unspecified atom stereocenters. The third kappa shape index (κ3) is 2.59. The number of aliphatic hydroxyl groups excluding tert-OH is 1. The van der Waals surface area contributed by atoms with Gasteiger partial charge in [-0.1, -0.05) is 45.7 Å². The van der Waals surface area contributed by atoms with Gasteiger partial charge in [0, 0.05) is 0 Å². The molecular formula is C16H23FO. The molecule has 1 aromatic rings. The molecule has 3 atom stereocenters. The van der Waals surface area contributed by atoms with E-state index >= 15 is 0 Å². The van der Waals surface area contributed by atoms with E-state index < -0.39 is 6.10 Å². The fourth-order valence-corrected chi connectivity index (χ4v) is 3.60. The van der Waals surface area contributed by atoms with Crippen LogP contribution < -0.4 is 0 Å².